The van der Waals surface area contributed by atoms with Crippen LogP contribution in [0.25, 0.3) is 0 Å². The van der Waals surface area contributed by atoms with Gasteiger partial charge in [-0.25, -0.2) is 0 Å². The Kier molecular flexibility index (Phi) is 2.25. The minimum absolute atomic E-state index is 0.517. The molecule has 1 aromatic rings. The number of hydrogen-bond acceptors (Lipinski definition) is 3. The number of rotatable bonds is 2. The van der Waals surface area contributed by atoms with Gasteiger partial charge in [0.1, 0.15) is 0 Å². The van der Waals surface area contributed by atoms with Crippen molar-refractivity contribution in [3.63, 3.8) is 0 Å². The third-order valence-electron chi connectivity index (χ3n) is 2.19. The van der Waals surface area contributed by atoms with Crippen molar-refractivity contribution in [1.29, 1.82) is 0 Å². The second-order valence-electron chi connectivity index (χ2n) is 3.11. The Balaban J connectivity index is 2.31. The highest BCUT2D eigenvalue weighted by Crippen LogP contribution is 2.13. The van der Waals surface area contributed by atoms with Crippen LogP contribution in [0.2, 0.25) is 0 Å². The Morgan fingerprint density at radius 2 is 2.46 bits per heavy atom. The number of hydrogen-bond donors (Lipinski definition) is 2. The second kappa shape index (κ2) is 3.40. The number of fused-ring (bicyclic) bond motifs is 1. The van der Waals surface area contributed by atoms with E-state index in [0.717, 1.165) is 23.3 Å². The fourth-order valence-electron chi connectivity index (χ4n) is 1.53. The van der Waals surface area contributed by atoms with Crippen molar-refractivity contribution < 1.29 is 9.68 Å². The van der Waals surface area contributed by atoms with Crippen LogP contribution in [0.3, 0.4) is 0 Å². The summed E-state index contributed by atoms with van der Waals surface area (Å²) in [5.41, 5.74) is 3.00. The maximum Gasteiger partial charge on any atom is 0.491 e. The van der Waals surface area contributed by atoms with Crippen molar-refractivity contribution in [2.45, 2.75) is 13.5 Å². The summed E-state index contributed by atoms with van der Waals surface area (Å²) in [4.78, 5) is 0. The number of anilines is 1. The predicted molar refractivity (Wildman–Crippen MR) is 53.0 cm³/mol. The number of benzene rings is 1. The minimum atomic E-state index is -0.742. The monoisotopic (exact) mass is 177 g/mol. The molecule has 2 rings (SSSR count). The first-order valence-corrected chi connectivity index (χ1v) is 4.47. The molecule has 3 nitrogen and oxygen atoms in total. The van der Waals surface area contributed by atoms with E-state index in [2.05, 4.69) is 5.32 Å². The van der Waals surface area contributed by atoms with Crippen molar-refractivity contribution in [3.8, 4) is 0 Å². The van der Waals surface area contributed by atoms with Crippen molar-refractivity contribution >= 4 is 18.3 Å². The molecule has 0 radical (unpaired) electrons. The Morgan fingerprint density at radius 1 is 1.62 bits per heavy atom. The van der Waals surface area contributed by atoms with Crippen LogP contribution in [0.1, 0.15) is 12.5 Å². The minimum Gasteiger partial charge on any atom is -0.423 e. The Morgan fingerprint density at radius 3 is 3.23 bits per heavy atom. The lowest BCUT2D eigenvalue weighted by atomic mass is 9.79. The van der Waals surface area contributed by atoms with Gasteiger partial charge in [-0.2, -0.15) is 0 Å². The Labute approximate surface area is 77.9 Å². The molecule has 2 N–H and O–H groups in total. The highest BCUT2D eigenvalue weighted by Gasteiger charge is 2.26. The van der Waals surface area contributed by atoms with Crippen molar-refractivity contribution in [2.75, 3.05) is 11.9 Å². The van der Waals surface area contributed by atoms with Crippen molar-refractivity contribution in [1.82, 2.24) is 0 Å². The summed E-state index contributed by atoms with van der Waals surface area (Å²) in [6, 6.07) is 5.93. The van der Waals surface area contributed by atoms with Gasteiger partial charge in [-0.05, 0) is 30.1 Å². The van der Waals surface area contributed by atoms with Crippen LogP contribution < -0.4 is 10.8 Å². The summed E-state index contributed by atoms with van der Waals surface area (Å²) in [5, 5.41) is 12.6. The van der Waals surface area contributed by atoms with Gasteiger partial charge >= 0.3 is 7.12 Å². The smallest absolute Gasteiger partial charge is 0.423 e. The van der Waals surface area contributed by atoms with Gasteiger partial charge in [0.25, 0.3) is 0 Å². The summed E-state index contributed by atoms with van der Waals surface area (Å²) < 4.78 is 5.08. The molecule has 0 amide bonds. The largest absolute Gasteiger partial charge is 0.491 e. The molecule has 0 atom stereocenters. The van der Waals surface area contributed by atoms with Crippen LogP contribution in [0, 0.1) is 0 Å². The second-order valence-corrected chi connectivity index (χ2v) is 3.11. The Bertz CT molecular complexity index is 316. The Hall–Kier alpha value is -0.995. The third-order valence-corrected chi connectivity index (χ3v) is 2.19. The molecule has 0 bridgehead atoms. The topological polar surface area (TPSA) is 41.5 Å². The van der Waals surface area contributed by atoms with E-state index >= 15 is 0 Å². The lowest BCUT2D eigenvalue weighted by Gasteiger charge is -2.05. The standard InChI is InChI=1S/C9H12BNO2/c1-2-11-8-4-3-7-6-13-10(12)9(7)5-8/h3-5,11-12H,2,6H2,1H3. The molecule has 1 aliphatic heterocycles. The molecular formula is C9H12BNO2. The van der Waals surface area contributed by atoms with Crippen LogP contribution >= 0.6 is 0 Å². The van der Waals surface area contributed by atoms with E-state index in [1.165, 1.54) is 0 Å². The molecular weight excluding hydrogens is 165 g/mol. The highest BCUT2D eigenvalue weighted by molar-refractivity contribution is 6.61. The zero-order valence-electron chi connectivity index (χ0n) is 7.58. The summed E-state index contributed by atoms with van der Waals surface area (Å²) in [5.74, 6) is 0. The van der Waals surface area contributed by atoms with E-state index < -0.39 is 7.12 Å². The van der Waals surface area contributed by atoms with E-state index in [0.29, 0.717) is 6.61 Å². The maximum absolute atomic E-state index is 9.42. The van der Waals surface area contributed by atoms with E-state index in [9.17, 15) is 5.02 Å². The third kappa shape index (κ3) is 1.55. The van der Waals surface area contributed by atoms with Crippen molar-refractivity contribution in [3.05, 3.63) is 23.8 Å². The number of nitrogens with one attached hydrogen (secondary N) is 1. The zero-order chi connectivity index (χ0) is 9.26. The van der Waals surface area contributed by atoms with Gasteiger partial charge < -0.3 is 15.0 Å². The first-order valence-electron chi connectivity index (χ1n) is 4.47. The summed E-state index contributed by atoms with van der Waals surface area (Å²) in [6.45, 7) is 3.44. The molecule has 13 heavy (non-hydrogen) atoms. The fraction of sp³-hybridized carbons (Fsp3) is 0.333. The predicted octanol–water partition coefficient (Wildman–Crippen LogP) is 0.336. The van der Waals surface area contributed by atoms with Gasteiger partial charge in [0.15, 0.2) is 0 Å². The highest BCUT2D eigenvalue weighted by atomic mass is 16.5. The first kappa shape index (κ1) is 8.60. The molecule has 4 heteroatoms. The van der Waals surface area contributed by atoms with Gasteiger partial charge in [-0.1, -0.05) is 6.07 Å². The molecule has 0 saturated carbocycles. The van der Waals surface area contributed by atoms with Crippen LogP contribution in [0.4, 0.5) is 5.69 Å². The van der Waals surface area contributed by atoms with E-state index in [1.807, 2.05) is 25.1 Å². The first-order chi connectivity index (χ1) is 6.31. The fourth-order valence-corrected chi connectivity index (χ4v) is 1.53. The maximum atomic E-state index is 9.42. The van der Waals surface area contributed by atoms with Gasteiger partial charge in [0, 0.05) is 12.2 Å². The van der Waals surface area contributed by atoms with Crippen LogP contribution in [0.5, 0.6) is 0 Å². The van der Waals surface area contributed by atoms with E-state index in [-0.39, 0.29) is 0 Å². The molecule has 1 aromatic carbocycles. The molecule has 1 aliphatic rings. The molecule has 0 unspecified atom stereocenters. The van der Waals surface area contributed by atoms with Gasteiger partial charge in [0.05, 0.1) is 6.61 Å². The van der Waals surface area contributed by atoms with Crippen molar-refractivity contribution in [2.24, 2.45) is 0 Å². The van der Waals surface area contributed by atoms with Gasteiger partial charge in [0.2, 0.25) is 0 Å². The summed E-state index contributed by atoms with van der Waals surface area (Å²) in [6.07, 6.45) is 0. The lowest BCUT2D eigenvalue weighted by Crippen LogP contribution is -2.28. The molecule has 0 aliphatic carbocycles. The molecule has 0 fully saturated rings. The van der Waals surface area contributed by atoms with Crippen LogP contribution in [-0.4, -0.2) is 18.7 Å². The van der Waals surface area contributed by atoms with E-state index in [4.69, 9.17) is 4.65 Å². The molecule has 68 valence electrons. The average Bonchev–Trinajstić information content (AvgIpc) is 2.49. The van der Waals surface area contributed by atoms with Gasteiger partial charge in [-0.15, -0.1) is 0 Å². The van der Waals surface area contributed by atoms with E-state index in [1.54, 1.807) is 0 Å². The van der Waals surface area contributed by atoms with Crippen LogP contribution in [0.15, 0.2) is 18.2 Å². The molecule has 0 spiro atoms. The SMILES string of the molecule is CCNc1ccc2c(c1)B(O)OC2. The summed E-state index contributed by atoms with van der Waals surface area (Å²) >= 11 is 0. The average molecular weight is 177 g/mol. The molecule has 0 aromatic heterocycles. The summed E-state index contributed by atoms with van der Waals surface area (Å²) in [7, 11) is -0.742. The van der Waals surface area contributed by atoms with Crippen LogP contribution in [-0.2, 0) is 11.3 Å². The quantitative estimate of drug-likeness (QED) is 0.640. The normalized spacial score (nSPS) is 14.5. The molecule has 0 saturated heterocycles. The zero-order valence-corrected chi connectivity index (χ0v) is 7.58. The lowest BCUT2D eigenvalue weighted by molar-refractivity contribution is 0.275. The van der Waals surface area contributed by atoms with Gasteiger partial charge in [-0.3, -0.25) is 0 Å². The molecule has 1 heterocycles.